The maximum Gasteiger partial charge on any atom is 0.362 e. The van der Waals surface area contributed by atoms with E-state index >= 15 is 0 Å². The van der Waals surface area contributed by atoms with E-state index in [1.165, 1.54) is 71.8 Å². The van der Waals surface area contributed by atoms with Crippen LogP contribution in [-0.2, 0) is 0 Å². The van der Waals surface area contributed by atoms with Gasteiger partial charge in [-0.1, -0.05) is 112 Å². The van der Waals surface area contributed by atoms with E-state index in [9.17, 15) is 0 Å². The van der Waals surface area contributed by atoms with Crippen molar-refractivity contribution in [2.75, 3.05) is 0 Å². The zero-order chi connectivity index (χ0) is 25.9. The summed E-state index contributed by atoms with van der Waals surface area (Å²) in [6.45, 7) is 13.6. The molecule has 5 aromatic rings. The van der Waals surface area contributed by atoms with E-state index in [-0.39, 0.29) is 0 Å². The fraction of sp³-hybridized carbons (Fsp3) is 0.171. The van der Waals surface area contributed by atoms with Gasteiger partial charge in [-0.25, -0.2) is 0 Å². The van der Waals surface area contributed by atoms with Crippen molar-refractivity contribution in [1.29, 1.82) is 0 Å². The molecule has 0 unspecified atom stereocenters. The molecule has 6 rings (SSSR count). The topological polar surface area (TPSA) is 3.01 Å². The van der Waals surface area contributed by atoms with Crippen molar-refractivity contribution in [1.82, 2.24) is 0 Å². The molecule has 0 radical (unpaired) electrons. The van der Waals surface area contributed by atoms with Crippen LogP contribution < -0.4 is 16.4 Å². The molecule has 1 nitrogen and oxygen atoms in total. The van der Waals surface area contributed by atoms with Crippen LogP contribution in [0.1, 0.15) is 38.9 Å². The fourth-order valence-electron chi connectivity index (χ4n) is 7.57. The highest BCUT2D eigenvalue weighted by atomic mass is 15.0. The van der Waals surface area contributed by atoms with E-state index in [2.05, 4.69) is 143 Å². The summed E-state index contributed by atoms with van der Waals surface area (Å²) in [5.74, 6) is 0. The minimum atomic E-state index is -1.51. The van der Waals surface area contributed by atoms with Gasteiger partial charge in [-0.05, 0) is 53.0 Å². The van der Waals surface area contributed by atoms with Crippen molar-refractivity contribution in [2.24, 2.45) is 0 Å². The number of benzene rings is 5. The Balaban J connectivity index is 1.86. The van der Waals surface area contributed by atoms with Crippen LogP contribution >= 0.6 is 0 Å². The summed E-state index contributed by atoms with van der Waals surface area (Å²) in [5.41, 5.74) is 14.9. The van der Waals surface area contributed by atoms with E-state index in [0.29, 0.717) is 0 Å². The highest BCUT2D eigenvalue weighted by Crippen LogP contribution is 2.33. The predicted molar refractivity (Wildman–Crippen MR) is 161 cm³/mol. The molecule has 0 aromatic heterocycles. The molecular formula is C35H34BN. The molecule has 0 fully saturated rings. The molecule has 37 heavy (non-hydrogen) atoms. The van der Waals surface area contributed by atoms with Gasteiger partial charge < -0.3 is 4.49 Å². The lowest BCUT2D eigenvalue weighted by Crippen LogP contribution is -2.74. The number of fused-ring (bicyclic) bond motifs is 2. The van der Waals surface area contributed by atoms with Crippen LogP contribution in [0.15, 0.2) is 91.0 Å². The molecule has 1 heterocycles. The van der Waals surface area contributed by atoms with Crippen LogP contribution in [0.5, 0.6) is 0 Å². The van der Waals surface area contributed by atoms with Gasteiger partial charge in [-0.3, -0.25) is 0 Å². The lowest BCUT2D eigenvalue weighted by molar-refractivity contribution is -0.277. The van der Waals surface area contributed by atoms with Gasteiger partial charge in [0.25, 0.3) is 0 Å². The third kappa shape index (κ3) is 3.43. The van der Waals surface area contributed by atoms with E-state index in [0.717, 1.165) is 0 Å². The first-order valence-electron chi connectivity index (χ1n) is 13.4. The zero-order valence-corrected chi connectivity index (χ0v) is 22.8. The van der Waals surface area contributed by atoms with Crippen LogP contribution in [0.4, 0.5) is 5.69 Å². The van der Waals surface area contributed by atoms with Gasteiger partial charge in [0.05, 0.1) is 0 Å². The third-order valence-electron chi connectivity index (χ3n) is 8.50. The molecule has 0 N–H and O–H groups in total. The minimum Gasteiger partial charge on any atom is -0.408 e. The van der Waals surface area contributed by atoms with Crippen molar-refractivity contribution in [3.05, 3.63) is 130 Å². The van der Waals surface area contributed by atoms with Gasteiger partial charge in [0.15, 0.2) is 5.69 Å². The minimum absolute atomic E-state index is 1.26. The molecule has 182 valence electrons. The summed E-state index contributed by atoms with van der Waals surface area (Å²) < 4.78 is 2.64. The second-order valence-corrected chi connectivity index (χ2v) is 11.1. The smallest absolute Gasteiger partial charge is 0.362 e. The highest BCUT2D eigenvalue weighted by Gasteiger charge is 2.51. The molecule has 0 saturated heterocycles. The molecule has 0 bridgehead atoms. The van der Waals surface area contributed by atoms with Crippen molar-refractivity contribution < 1.29 is 4.49 Å². The highest BCUT2D eigenvalue weighted by molar-refractivity contribution is 7.08. The average molecular weight is 479 g/mol. The average Bonchev–Trinajstić information content (AvgIpc) is 3.17. The summed E-state index contributed by atoms with van der Waals surface area (Å²) in [7, 11) is 0. The Labute approximate surface area is 221 Å². The Bertz CT molecular complexity index is 1630. The Morgan fingerprint density at radius 1 is 0.541 bits per heavy atom. The van der Waals surface area contributed by atoms with E-state index in [1.54, 1.807) is 0 Å². The summed E-state index contributed by atoms with van der Waals surface area (Å²) in [6, 6.07) is 34.0. The molecule has 0 atom stereocenters. The van der Waals surface area contributed by atoms with Crippen LogP contribution in [0, 0.1) is 41.5 Å². The van der Waals surface area contributed by atoms with Crippen molar-refractivity contribution in [3.8, 4) is 0 Å². The number of rotatable bonds is 3. The zero-order valence-electron chi connectivity index (χ0n) is 22.8. The second-order valence-electron chi connectivity index (χ2n) is 11.1. The maximum atomic E-state index is 2.64. The standard InChI is InChI=1S/C35H34BN/c1-23-18-25(3)34(26(4)19-23)36(35-27(5)20-24(2)21-28(35)6)32-16-10-8-13-30(32)22-37(36)33-17-11-14-29-12-7-9-15-31(29)33/h7-22H,1-6H3. The van der Waals surface area contributed by atoms with E-state index in [4.69, 9.17) is 0 Å². The largest absolute Gasteiger partial charge is 0.408 e. The Hall–Kier alpha value is -3.91. The monoisotopic (exact) mass is 479 g/mol. The van der Waals surface area contributed by atoms with Gasteiger partial charge in [0.1, 0.15) is 6.21 Å². The molecular weight excluding hydrogens is 445 g/mol. The Morgan fingerprint density at radius 2 is 1.05 bits per heavy atom. The lowest BCUT2D eigenvalue weighted by Gasteiger charge is -2.41. The van der Waals surface area contributed by atoms with Gasteiger partial charge in [0.2, 0.25) is 0 Å². The van der Waals surface area contributed by atoms with Crippen molar-refractivity contribution in [2.45, 2.75) is 41.5 Å². The second kappa shape index (κ2) is 8.59. The van der Waals surface area contributed by atoms with E-state index < -0.39 is 6.28 Å². The Kier molecular flexibility index (Phi) is 5.46. The molecule has 0 saturated carbocycles. The molecule has 0 amide bonds. The van der Waals surface area contributed by atoms with Crippen LogP contribution in [-0.4, -0.2) is 17.0 Å². The van der Waals surface area contributed by atoms with Crippen LogP contribution in [0.2, 0.25) is 0 Å². The van der Waals surface area contributed by atoms with Gasteiger partial charge in [0, 0.05) is 17.0 Å². The SMILES string of the molecule is Cc1cc(C)c([B-]2(c3c(C)cc(C)cc3C)c3ccccc3C=[N+]2c2cccc3ccccc23)c(C)c1. The quantitative estimate of drug-likeness (QED) is 0.262. The third-order valence-corrected chi connectivity index (χ3v) is 8.50. The molecule has 5 aromatic carbocycles. The molecule has 1 aliphatic heterocycles. The van der Waals surface area contributed by atoms with Crippen molar-refractivity contribution >= 4 is 45.3 Å². The maximum absolute atomic E-state index is 2.64. The van der Waals surface area contributed by atoms with Gasteiger partial charge >= 0.3 is 6.28 Å². The summed E-state index contributed by atoms with van der Waals surface area (Å²) in [4.78, 5) is 0. The van der Waals surface area contributed by atoms with Crippen LogP contribution in [0.25, 0.3) is 10.8 Å². The summed E-state index contributed by atoms with van der Waals surface area (Å²) in [5, 5.41) is 2.55. The first-order valence-corrected chi connectivity index (χ1v) is 13.4. The predicted octanol–water partition coefficient (Wildman–Crippen LogP) is 6.43. The van der Waals surface area contributed by atoms with E-state index in [1.807, 2.05) is 0 Å². The molecule has 2 heteroatoms. The van der Waals surface area contributed by atoms with Crippen LogP contribution in [0.3, 0.4) is 0 Å². The molecule has 0 spiro atoms. The first-order chi connectivity index (χ1) is 17.8. The summed E-state index contributed by atoms with van der Waals surface area (Å²) in [6.07, 6.45) is 0.906. The number of nitrogens with zero attached hydrogens (tertiary/aromatic N) is 1. The first kappa shape index (κ1) is 23.5. The number of hydrogen-bond donors (Lipinski definition) is 0. The number of hydrogen-bond acceptors (Lipinski definition) is 0. The number of aryl methyl sites for hydroxylation is 6. The normalized spacial score (nSPS) is 14.1. The lowest BCUT2D eigenvalue weighted by atomic mass is 9.22. The molecule has 0 aliphatic carbocycles. The fourth-order valence-corrected chi connectivity index (χ4v) is 7.57. The van der Waals surface area contributed by atoms with Gasteiger partial charge in [-0.2, -0.15) is 0 Å². The molecule has 1 aliphatic rings. The van der Waals surface area contributed by atoms with Gasteiger partial charge in [-0.15, -0.1) is 16.4 Å². The van der Waals surface area contributed by atoms with Crippen molar-refractivity contribution in [3.63, 3.8) is 0 Å². The summed E-state index contributed by atoms with van der Waals surface area (Å²) >= 11 is 0. The Morgan fingerprint density at radius 3 is 1.68 bits per heavy atom.